The number of benzene rings is 1. The maximum Gasteiger partial charge on any atom is 0.125 e. The molecular weight excluding hydrogens is 179 g/mol. The first kappa shape index (κ1) is 9.46. The van der Waals surface area contributed by atoms with Crippen molar-refractivity contribution in [3.8, 4) is 0 Å². The quantitative estimate of drug-likeness (QED) is 0.731. The van der Waals surface area contributed by atoms with Crippen LogP contribution in [-0.2, 0) is 0 Å². The highest BCUT2D eigenvalue weighted by atomic mass is 19.1. The van der Waals surface area contributed by atoms with Crippen molar-refractivity contribution in [2.45, 2.75) is 13.0 Å². The second-order valence-corrected chi connectivity index (χ2v) is 3.73. The van der Waals surface area contributed by atoms with Gasteiger partial charge in [-0.05, 0) is 25.1 Å². The molecule has 1 aliphatic heterocycles. The standard InChI is InChI=1S/C11H15FN2/c1-9-8-13-5-6-14(9)11-4-2-3-10(12)7-11/h2-4,7,9,13H,5-6,8H2,1H3/t9-/m1/s1. The summed E-state index contributed by atoms with van der Waals surface area (Å²) in [5.74, 6) is -0.159. The molecule has 1 saturated heterocycles. The van der Waals surface area contributed by atoms with E-state index in [9.17, 15) is 4.39 Å². The number of nitrogens with one attached hydrogen (secondary N) is 1. The van der Waals surface area contributed by atoms with E-state index in [2.05, 4.69) is 17.1 Å². The van der Waals surface area contributed by atoms with Gasteiger partial charge in [0, 0.05) is 31.4 Å². The molecule has 1 heterocycles. The van der Waals surface area contributed by atoms with E-state index < -0.39 is 0 Å². The van der Waals surface area contributed by atoms with Gasteiger partial charge in [0.05, 0.1) is 0 Å². The third-order valence-electron chi connectivity index (χ3n) is 2.64. The van der Waals surface area contributed by atoms with Gasteiger partial charge < -0.3 is 10.2 Å². The predicted molar refractivity (Wildman–Crippen MR) is 56.1 cm³/mol. The molecule has 1 aliphatic rings. The van der Waals surface area contributed by atoms with E-state index in [1.54, 1.807) is 12.1 Å². The molecule has 0 aromatic heterocycles. The second kappa shape index (κ2) is 3.96. The van der Waals surface area contributed by atoms with Crippen LogP contribution in [0, 0.1) is 5.82 Å². The minimum atomic E-state index is -0.159. The zero-order chi connectivity index (χ0) is 9.97. The molecule has 1 atom stereocenters. The number of anilines is 1. The monoisotopic (exact) mass is 194 g/mol. The van der Waals surface area contributed by atoms with Gasteiger partial charge in [0.15, 0.2) is 0 Å². The van der Waals surface area contributed by atoms with Gasteiger partial charge in [-0.2, -0.15) is 0 Å². The van der Waals surface area contributed by atoms with Crippen LogP contribution in [0.2, 0.25) is 0 Å². The first-order chi connectivity index (χ1) is 6.77. The van der Waals surface area contributed by atoms with E-state index in [1.807, 2.05) is 6.07 Å². The molecule has 1 aromatic carbocycles. The second-order valence-electron chi connectivity index (χ2n) is 3.73. The minimum absolute atomic E-state index is 0.159. The van der Waals surface area contributed by atoms with E-state index in [0.29, 0.717) is 6.04 Å². The normalized spacial score (nSPS) is 22.4. The fourth-order valence-corrected chi connectivity index (χ4v) is 1.88. The van der Waals surface area contributed by atoms with Crippen molar-refractivity contribution in [3.05, 3.63) is 30.1 Å². The van der Waals surface area contributed by atoms with Crippen LogP contribution in [0.15, 0.2) is 24.3 Å². The van der Waals surface area contributed by atoms with Gasteiger partial charge in [-0.25, -0.2) is 4.39 Å². The molecule has 1 N–H and O–H groups in total. The van der Waals surface area contributed by atoms with Crippen LogP contribution in [0.1, 0.15) is 6.92 Å². The van der Waals surface area contributed by atoms with Crippen molar-refractivity contribution in [2.75, 3.05) is 24.5 Å². The molecule has 0 spiro atoms. The Bertz CT molecular complexity index is 314. The van der Waals surface area contributed by atoms with Crippen molar-refractivity contribution < 1.29 is 4.39 Å². The summed E-state index contributed by atoms with van der Waals surface area (Å²) in [5, 5.41) is 3.31. The topological polar surface area (TPSA) is 15.3 Å². The van der Waals surface area contributed by atoms with E-state index >= 15 is 0 Å². The molecule has 0 aliphatic carbocycles. The Balaban J connectivity index is 2.20. The third kappa shape index (κ3) is 1.87. The summed E-state index contributed by atoms with van der Waals surface area (Å²) < 4.78 is 13.0. The summed E-state index contributed by atoms with van der Waals surface area (Å²) in [7, 11) is 0. The molecule has 0 radical (unpaired) electrons. The Morgan fingerprint density at radius 1 is 1.50 bits per heavy atom. The van der Waals surface area contributed by atoms with Gasteiger partial charge >= 0.3 is 0 Å². The minimum Gasteiger partial charge on any atom is -0.366 e. The van der Waals surface area contributed by atoms with E-state index in [-0.39, 0.29) is 5.82 Å². The number of nitrogens with zero attached hydrogens (tertiary/aromatic N) is 1. The van der Waals surface area contributed by atoms with Crippen molar-refractivity contribution in [2.24, 2.45) is 0 Å². The number of piperazine rings is 1. The molecule has 0 saturated carbocycles. The zero-order valence-corrected chi connectivity index (χ0v) is 8.33. The maximum atomic E-state index is 13.0. The van der Waals surface area contributed by atoms with Gasteiger partial charge in [-0.15, -0.1) is 0 Å². The van der Waals surface area contributed by atoms with Crippen LogP contribution in [0.4, 0.5) is 10.1 Å². The Morgan fingerprint density at radius 2 is 2.36 bits per heavy atom. The lowest BCUT2D eigenvalue weighted by Gasteiger charge is -2.35. The first-order valence-electron chi connectivity index (χ1n) is 5.00. The fourth-order valence-electron chi connectivity index (χ4n) is 1.88. The van der Waals surface area contributed by atoms with E-state index in [0.717, 1.165) is 25.3 Å². The van der Waals surface area contributed by atoms with Crippen molar-refractivity contribution in [1.29, 1.82) is 0 Å². The highest BCUT2D eigenvalue weighted by molar-refractivity contribution is 5.47. The molecule has 0 amide bonds. The molecule has 1 aromatic rings. The number of halogens is 1. The van der Waals surface area contributed by atoms with Gasteiger partial charge in [-0.1, -0.05) is 6.07 Å². The van der Waals surface area contributed by atoms with Crippen LogP contribution >= 0.6 is 0 Å². The lowest BCUT2D eigenvalue weighted by Crippen LogP contribution is -2.49. The van der Waals surface area contributed by atoms with Crippen LogP contribution < -0.4 is 10.2 Å². The van der Waals surface area contributed by atoms with Gasteiger partial charge in [0.1, 0.15) is 5.82 Å². The zero-order valence-electron chi connectivity index (χ0n) is 8.33. The maximum absolute atomic E-state index is 13.0. The van der Waals surface area contributed by atoms with Crippen LogP contribution in [0.25, 0.3) is 0 Å². The molecule has 14 heavy (non-hydrogen) atoms. The summed E-state index contributed by atoms with van der Waals surface area (Å²) in [5.41, 5.74) is 0.985. The summed E-state index contributed by atoms with van der Waals surface area (Å²) in [6.07, 6.45) is 0. The van der Waals surface area contributed by atoms with E-state index in [1.165, 1.54) is 6.07 Å². The molecule has 1 fully saturated rings. The van der Waals surface area contributed by atoms with Crippen LogP contribution in [-0.4, -0.2) is 25.7 Å². The van der Waals surface area contributed by atoms with Crippen LogP contribution in [0.5, 0.6) is 0 Å². The number of hydrogen-bond acceptors (Lipinski definition) is 2. The lowest BCUT2D eigenvalue weighted by molar-refractivity contribution is 0.499. The number of rotatable bonds is 1. The Hall–Kier alpha value is -1.09. The molecule has 2 nitrogen and oxygen atoms in total. The summed E-state index contributed by atoms with van der Waals surface area (Å²) in [4.78, 5) is 2.24. The van der Waals surface area contributed by atoms with Crippen molar-refractivity contribution in [1.82, 2.24) is 5.32 Å². The molecule has 2 rings (SSSR count). The Labute approximate surface area is 83.7 Å². The van der Waals surface area contributed by atoms with Gasteiger partial charge in [0.25, 0.3) is 0 Å². The average Bonchev–Trinajstić information content (AvgIpc) is 2.18. The Morgan fingerprint density at radius 3 is 3.07 bits per heavy atom. The van der Waals surface area contributed by atoms with Crippen LogP contribution in [0.3, 0.4) is 0 Å². The Kier molecular flexibility index (Phi) is 2.68. The molecule has 0 bridgehead atoms. The number of hydrogen-bond donors (Lipinski definition) is 1. The SMILES string of the molecule is C[C@@H]1CNCCN1c1cccc(F)c1. The highest BCUT2D eigenvalue weighted by Crippen LogP contribution is 2.18. The van der Waals surface area contributed by atoms with Crippen molar-refractivity contribution in [3.63, 3.8) is 0 Å². The lowest BCUT2D eigenvalue weighted by atomic mass is 10.2. The smallest absolute Gasteiger partial charge is 0.125 e. The molecule has 76 valence electrons. The van der Waals surface area contributed by atoms with E-state index in [4.69, 9.17) is 0 Å². The molecule has 0 unspecified atom stereocenters. The third-order valence-corrected chi connectivity index (χ3v) is 2.64. The van der Waals surface area contributed by atoms with Gasteiger partial charge in [0.2, 0.25) is 0 Å². The average molecular weight is 194 g/mol. The predicted octanol–water partition coefficient (Wildman–Crippen LogP) is 1.62. The molecular formula is C11H15FN2. The first-order valence-corrected chi connectivity index (χ1v) is 5.00. The summed E-state index contributed by atoms with van der Waals surface area (Å²) in [6.45, 7) is 5.04. The van der Waals surface area contributed by atoms with Crippen molar-refractivity contribution >= 4 is 5.69 Å². The summed E-state index contributed by atoms with van der Waals surface area (Å²) >= 11 is 0. The largest absolute Gasteiger partial charge is 0.366 e. The fraction of sp³-hybridized carbons (Fsp3) is 0.455. The molecule has 3 heteroatoms. The summed E-state index contributed by atoms with van der Waals surface area (Å²) in [6, 6.07) is 7.24. The van der Waals surface area contributed by atoms with Gasteiger partial charge in [-0.3, -0.25) is 0 Å². The highest BCUT2D eigenvalue weighted by Gasteiger charge is 2.17.